The van der Waals surface area contributed by atoms with Crippen molar-refractivity contribution >= 4 is 23.4 Å². The highest BCUT2D eigenvalue weighted by molar-refractivity contribution is 6.31. The highest BCUT2D eigenvalue weighted by Gasteiger charge is 2.22. The molecule has 1 fully saturated rings. The first-order chi connectivity index (χ1) is 13.1. The van der Waals surface area contributed by atoms with E-state index in [0.29, 0.717) is 35.8 Å². The van der Waals surface area contributed by atoms with Gasteiger partial charge in [-0.15, -0.1) is 0 Å². The molecule has 0 radical (unpaired) electrons. The van der Waals surface area contributed by atoms with Crippen LogP contribution in [0.25, 0.3) is 0 Å². The van der Waals surface area contributed by atoms with Gasteiger partial charge in [-0.05, 0) is 24.2 Å². The fourth-order valence-corrected chi connectivity index (χ4v) is 3.25. The van der Waals surface area contributed by atoms with Crippen LogP contribution in [-0.2, 0) is 6.54 Å². The molecule has 0 spiro atoms. The number of likely N-dealkylation sites (N-methyl/N-ethyl adjacent to an activating group) is 1. The van der Waals surface area contributed by atoms with Crippen molar-refractivity contribution < 1.29 is 9.59 Å². The molecule has 142 valence electrons. The maximum Gasteiger partial charge on any atom is 0.255 e. The van der Waals surface area contributed by atoms with Gasteiger partial charge in [-0.1, -0.05) is 36.7 Å². The van der Waals surface area contributed by atoms with E-state index in [4.69, 9.17) is 11.6 Å². The molecule has 1 aromatic carbocycles. The monoisotopic (exact) mass is 386 g/mol. The van der Waals surface area contributed by atoms with E-state index >= 15 is 0 Å². The molecule has 0 bridgehead atoms. The summed E-state index contributed by atoms with van der Waals surface area (Å²) in [5.74, 6) is -0.369. The number of rotatable bonds is 5. The number of nitrogens with zero attached hydrogens (tertiary/aromatic N) is 3. The third-order valence-electron chi connectivity index (χ3n) is 4.75. The Bertz CT molecular complexity index is 819. The minimum atomic E-state index is -0.284. The number of amides is 2. The molecule has 0 saturated carbocycles. The van der Waals surface area contributed by atoms with Gasteiger partial charge in [-0.2, -0.15) is 0 Å². The summed E-state index contributed by atoms with van der Waals surface area (Å²) in [6.07, 6.45) is 2.98. The van der Waals surface area contributed by atoms with E-state index in [1.54, 1.807) is 12.1 Å². The van der Waals surface area contributed by atoms with E-state index in [1.165, 1.54) is 12.4 Å². The predicted molar refractivity (Wildman–Crippen MR) is 105 cm³/mol. The summed E-state index contributed by atoms with van der Waals surface area (Å²) < 4.78 is 0. The largest absolute Gasteiger partial charge is 0.348 e. The molecule has 1 aliphatic heterocycles. The SMILES string of the molecule is CCN1CCN(C(=O)c2cncc(C(=O)NCc3ccccc3Cl)c2)CC1. The fraction of sp³-hybridized carbons (Fsp3) is 0.350. The Morgan fingerprint density at radius 3 is 2.52 bits per heavy atom. The number of halogens is 1. The molecule has 7 heteroatoms. The van der Waals surface area contributed by atoms with Gasteiger partial charge in [0.05, 0.1) is 11.1 Å². The third-order valence-corrected chi connectivity index (χ3v) is 5.12. The Balaban J connectivity index is 1.63. The molecule has 6 nitrogen and oxygen atoms in total. The zero-order valence-corrected chi connectivity index (χ0v) is 16.1. The Morgan fingerprint density at radius 2 is 1.81 bits per heavy atom. The van der Waals surface area contributed by atoms with E-state index in [9.17, 15) is 9.59 Å². The predicted octanol–water partition coefficient (Wildman–Crippen LogP) is 2.44. The molecule has 0 atom stereocenters. The Kier molecular flexibility index (Phi) is 6.42. The molecule has 1 aromatic heterocycles. The topological polar surface area (TPSA) is 65.5 Å². The molecule has 0 unspecified atom stereocenters. The van der Waals surface area contributed by atoms with Gasteiger partial charge in [0, 0.05) is 50.1 Å². The third kappa shape index (κ3) is 4.84. The Labute approximate surface area is 164 Å². The minimum Gasteiger partial charge on any atom is -0.348 e. The van der Waals surface area contributed by atoms with Crippen LogP contribution >= 0.6 is 11.6 Å². The van der Waals surface area contributed by atoms with Crippen molar-refractivity contribution in [1.29, 1.82) is 0 Å². The standard InChI is InChI=1S/C20H23ClN4O2/c1-2-24-7-9-25(10-8-24)20(27)17-11-16(12-22-13-17)19(26)23-14-15-5-3-4-6-18(15)21/h3-6,11-13H,2,7-10,14H2,1H3,(H,23,26). The quantitative estimate of drug-likeness (QED) is 0.857. The first-order valence-corrected chi connectivity index (χ1v) is 9.44. The zero-order chi connectivity index (χ0) is 19.2. The average Bonchev–Trinajstić information content (AvgIpc) is 2.72. The van der Waals surface area contributed by atoms with Crippen LogP contribution in [-0.4, -0.2) is 59.3 Å². The van der Waals surface area contributed by atoms with Gasteiger partial charge in [0.2, 0.25) is 0 Å². The number of carbonyl (C=O) groups is 2. The number of aromatic nitrogens is 1. The van der Waals surface area contributed by atoms with Crippen LogP contribution in [0.3, 0.4) is 0 Å². The molecule has 3 rings (SSSR count). The van der Waals surface area contributed by atoms with Gasteiger partial charge in [-0.25, -0.2) is 0 Å². The normalized spacial score (nSPS) is 14.8. The fourth-order valence-electron chi connectivity index (χ4n) is 3.05. The number of pyridine rings is 1. The second-order valence-corrected chi connectivity index (χ2v) is 6.87. The molecular weight excluding hydrogens is 364 g/mol. The number of benzene rings is 1. The van der Waals surface area contributed by atoms with Crippen molar-refractivity contribution in [1.82, 2.24) is 20.1 Å². The number of carbonyl (C=O) groups excluding carboxylic acids is 2. The first-order valence-electron chi connectivity index (χ1n) is 9.06. The first kappa shape index (κ1) is 19.3. The zero-order valence-electron chi connectivity index (χ0n) is 15.3. The minimum absolute atomic E-state index is 0.0843. The summed E-state index contributed by atoms with van der Waals surface area (Å²) in [6.45, 7) is 6.54. The Hall–Kier alpha value is -2.44. The maximum absolute atomic E-state index is 12.7. The van der Waals surface area contributed by atoms with Crippen LogP contribution in [0.15, 0.2) is 42.7 Å². The summed E-state index contributed by atoms with van der Waals surface area (Å²) in [7, 11) is 0. The van der Waals surface area contributed by atoms with Gasteiger partial charge in [0.15, 0.2) is 0 Å². The van der Waals surface area contributed by atoms with Crippen molar-refractivity contribution in [2.75, 3.05) is 32.7 Å². The molecule has 1 saturated heterocycles. The highest BCUT2D eigenvalue weighted by Crippen LogP contribution is 2.15. The van der Waals surface area contributed by atoms with E-state index in [0.717, 1.165) is 25.2 Å². The maximum atomic E-state index is 12.7. The van der Waals surface area contributed by atoms with Crippen LogP contribution in [0, 0.1) is 0 Å². The van der Waals surface area contributed by atoms with Crippen LogP contribution < -0.4 is 5.32 Å². The van der Waals surface area contributed by atoms with Gasteiger partial charge in [-0.3, -0.25) is 14.6 Å². The van der Waals surface area contributed by atoms with Crippen molar-refractivity contribution in [2.45, 2.75) is 13.5 Å². The second-order valence-electron chi connectivity index (χ2n) is 6.46. The van der Waals surface area contributed by atoms with Crippen molar-refractivity contribution in [3.63, 3.8) is 0 Å². The van der Waals surface area contributed by atoms with Crippen molar-refractivity contribution in [2.24, 2.45) is 0 Å². The van der Waals surface area contributed by atoms with Gasteiger partial charge in [0.25, 0.3) is 11.8 Å². The van der Waals surface area contributed by atoms with Gasteiger partial charge < -0.3 is 15.1 Å². The Morgan fingerprint density at radius 1 is 1.11 bits per heavy atom. The van der Waals surface area contributed by atoms with Gasteiger partial charge in [0.1, 0.15) is 0 Å². The van der Waals surface area contributed by atoms with Crippen molar-refractivity contribution in [3.8, 4) is 0 Å². The number of piperazine rings is 1. The highest BCUT2D eigenvalue weighted by atomic mass is 35.5. The van der Waals surface area contributed by atoms with Crippen molar-refractivity contribution in [3.05, 3.63) is 64.4 Å². The van der Waals surface area contributed by atoms with E-state index in [2.05, 4.69) is 22.1 Å². The lowest BCUT2D eigenvalue weighted by molar-refractivity contribution is 0.0643. The lowest BCUT2D eigenvalue weighted by Crippen LogP contribution is -2.48. The van der Waals surface area contributed by atoms with E-state index < -0.39 is 0 Å². The van der Waals surface area contributed by atoms with E-state index in [1.807, 2.05) is 23.1 Å². The molecule has 2 amide bonds. The second kappa shape index (κ2) is 8.97. The summed E-state index contributed by atoms with van der Waals surface area (Å²) in [6, 6.07) is 8.95. The molecule has 1 N–H and O–H groups in total. The number of hydrogen-bond donors (Lipinski definition) is 1. The summed E-state index contributed by atoms with van der Waals surface area (Å²) >= 11 is 6.11. The number of nitrogens with one attached hydrogen (secondary N) is 1. The lowest BCUT2D eigenvalue weighted by Gasteiger charge is -2.34. The van der Waals surface area contributed by atoms with Crippen LogP contribution in [0.5, 0.6) is 0 Å². The number of hydrogen-bond acceptors (Lipinski definition) is 4. The molecule has 2 heterocycles. The smallest absolute Gasteiger partial charge is 0.255 e. The van der Waals surface area contributed by atoms with Crippen LogP contribution in [0.1, 0.15) is 33.2 Å². The molecule has 1 aliphatic rings. The molecule has 27 heavy (non-hydrogen) atoms. The molecular formula is C20H23ClN4O2. The van der Waals surface area contributed by atoms with Crippen LogP contribution in [0.2, 0.25) is 5.02 Å². The molecule has 0 aliphatic carbocycles. The summed E-state index contributed by atoms with van der Waals surface area (Å²) in [5.41, 5.74) is 1.63. The summed E-state index contributed by atoms with van der Waals surface area (Å²) in [4.78, 5) is 33.3. The van der Waals surface area contributed by atoms with E-state index in [-0.39, 0.29) is 11.8 Å². The lowest BCUT2D eigenvalue weighted by atomic mass is 10.1. The molecule has 2 aromatic rings. The van der Waals surface area contributed by atoms with Crippen LogP contribution in [0.4, 0.5) is 0 Å². The average molecular weight is 387 g/mol. The summed E-state index contributed by atoms with van der Waals surface area (Å²) in [5, 5.41) is 3.42. The van der Waals surface area contributed by atoms with Gasteiger partial charge >= 0.3 is 0 Å².